The van der Waals surface area contributed by atoms with E-state index < -0.39 is 0 Å². The predicted octanol–water partition coefficient (Wildman–Crippen LogP) is 3.39. The number of anilines is 1. The van der Waals surface area contributed by atoms with Gasteiger partial charge in [0.25, 0.3) is 0 Å². The first-order valence-corrected chi connectivity index (χ1v) is 7.87. The van der Waals surface area contributed by atoms with Crippen molar-refractivity contribution in [2.24, 2.45) is 5.41 Å². The van der Waals surface area contributed by atoms with Crippen LogP contribution in [0.1, 0.15) is 50.9 Å². The SMILES string of the molecule is CCNc1nc(C(OC)C(C)(C)C)nc2c1CSC2. The van der Waals surface area contributed by atoms with Crippen LogP contribution in [0, 0.1) is 5.41 Å². The lowest BCUT2D eigenvalue weighted by Gasteiger charge is -2.28. The highest BCUT2D eigenvalue weighted by molar-refractivity contribution is 7.98. The molecule has 0 bridgehead atoms. The number of fused-ring (bicyclic) bond motifs is 1. The highest BCUT2D eigenvalue weighted by atomic mass is 32.2. The number of thioether (sulfide) groups is 1. The highest BCUT2D eigenvalue weighted by Gasteiger charge is 2.31. The maximum absolute atomic E-state index is 5.63. The molecule has 0 amide bonds. The first kappa shape index (κ1) is 14.6. The summed E-state index contributed by atoms with van der Waals surface area (Å²) in [4.78, 5) is 9.45. The molecule has 2 rings (SSSR count). The van der Waals surface area contributed by atoms with Gasteiger partial charge in [-0.25, -0.2) is 9.97 Å². The molecule has 1 aromatic rings. The predicted molar refractivity (Wildman–Crippen MR) is 80.4 cm³/mol. The number of methoxy groups -OCH3 is 1. The summed E-state index contributed by atoms with van der Waals surface area (Å²) in [5, 5.41) is 3.36. The zero-order valence-corrected chi connectivity index (χ0v) is 13.2. The third kappa shape index (κ3) is 3.03. The number of nitrogens with zero attached hydrogens (tertiary/aromatic N) is 2. The third-order valence-corrected chi connectivity index (χ3v) is 4.17. The van der Waals surface area contributed by atoms with E-state index in [0.29, 0.717) is 0 Å². The smallest absolute Gasteiger partial charge is 0.160 e. The number of aromatic nitrogens is 2. The molecule has 1 unspecified atom stereocenters. The van der Waals surface area contributed by atoms with Gasteiger partial charge in [0, 0.05) is 30.7 Å². The molecule has 0 fully saturated rings. The molecule has 0 spiro atoms. The number of nitrogens with one attached hydrogen (secondary N) is 1. The summed E-state index contributed by atoms with van der Waals surface area (Å²) in [6.07, 6.45) is -0.0826. The van der Waals surface area contributed by atoms with Gasteiger partial charge in [-0.3, -0.25) is 0 Å². The van der Waals surface area contributed by atoms with Crippen LogP contribution >= 0.6 is 11.8 Å². The Balaban J connectivity index is 2.44. The standard InChI is InChI=1S/C14H23N3OS/c1-6-15-12-9-7-19-8-10(9)16-13(17-12)11(18-5)14(2,3)4/h11H,6-8H2,1-5H3,(H,15,16,17). The fraction of sp³-hybridized carbons (Fsp3) is 0.714. The minimum absolute atomic E-state index is 0.0157. The molecule has 0 radical (unpaired) electrons. The second kappa shape index (κ2) is 5.67. The van der Waals surface area contributed by atoms with Crippen LogP contribution in [0.4, 0.5) is 5.82 Å². The molecule has 1 aliphatic rings. The van der Waals surface area contributed by atoms with Gasteiger partial charge in [-0.1, -0.05) is 20.8 Å². The average molecular weight is 281 g/mol. The van der Waals surface area contributed by atoms with Crippen LogP contribution in [-0.4, -0.2) is 23.6 Å². The van der Waals surface area contributed by atoms with Gasteiger partial charge in [-0.2, -0.15) is 11.8 Å². The van der Waals surface area contributed by atoms with E-state index in [2.05, 4.69) is 33.0 Å². The molecule has 2 heterocycles. The van der Waals surface area contributed by atoms with Crippen molar-refractivity contribution in [3.63, 3.8) is 0 Å². The number of hydrogen-bond acceptors (Lipinski definition) is 5. The summed E-state index contributed by atoms with van der Waals surface area (Å²) < 4.78 is 5.63. The quantitative estimate of drug-likeness (QED) is 0.916. The first-order chi connectivity index (χ1) is 8.97. The lowest BCUT2D eigenvalue weighted by molar-refractivity contribution is 0.00863. The van der Waals surface area contributed by atoms with Gasteiger partial charge in [-0.05, 0) is 12.3 Å². The maximum atomic E-state index is 5.63. The van der Waals surface area contributed by atoms with Crippen LogP contribution in [0.25, 0.3) is 0 Å². The molecule has 1 aliphatic heterocycles. The van der Waals surface area contributed by atoms with Crippen LogP contribution in [0.5, 0.6) is 0 Å². The Kier molecular flexibility index (Phi) is 4.36. The Morgan fingerprint density at radius 1 is 1.32 bits per heavy atom. The summed E-state index contributed by atoms with van der Waals surface area (Å²) in [5.41, 5.74) is 2.41. The summed E-state index contributed by atoms with van der Waals surface area (Å²) in [7, 11) is 1.73. The van der Waals surface area contributed by atoms with E-state index in [1.54, 1.807) is 7.11 Å². The Labute approximate surface area is 119 Å². The summed E-state index contributed by atoms with van der Waals surface area (Å²) in [5.74, 6) is 3.76. The Bertz CT molecular complexity index is 457. The van der Waals surface area contributed by atoms with Gasteiger partial charge in [0.2, 0.25) is 0 Å². The van der Waals surface area contributed by atoms with Crippen molar-refractivity contribution in [3.05, 3.63) is 17.1 Å². The lowest BCUT2D eigenvalue weighted by atomic mass is 9.88. The van der Waals surface area contributed by atoms with E-state index in [4.69, 9.17) is 14.7 Å². The molecule has 4 nitrogen and oxygen atoms in total. The first-order valence-electron chi connectivity index (χ1n) is 6.71. The van der Waals surface area contributed by atoms with Crippen molar-refractivity contribution in [1.29, 1.82) is 0 Å². The van der Waals surface area contributed by atoms with Crippen LogP contribution in [-0.2, 0) is 16.2 Å². The molecule has 0 aromatic carbocycles. The molecule has 0 aliphatic carbocycles. The Morgan fingerprint density at radius 3 is 2.63 bits per heavy atom. The molecule has 19 heavy (non-hydrogen) atoms. The van der Waals surface area contributed by atoms with E-state index in [9.17, 15) is 0 Å². The fourth-order valence-electron chi connectivity index (χ4n) is 2.35. The van der Waals surface area contributed by atoms with Crippen molar-refractivity contribution in [2.75, 3.05) is 19.0 Å². The van der Waals surface area contributed by atoms with Crippen molar-refractivity contribution in [1.82, 2.24) is 9.97 Å². The number of hydrogen-bond donors (Lipinski definition) is 1. The fourth-order valence-corrected chi connectivity index (χ4v) is 3.39. The van der Waals surface area contributed by atoms with Gasteiger partial charge in [0.1, 0.15) is 11.9 Å². The average Bonchev–Trinajstić information content (AvgIpc) is 2.76. The Hall–Kier alpha value is -0.810. The van der Waals surface area contributed by atoms with E-state index in [1.165, 1.54) is 5.56 Å². The monoisotopic (exact) mass is 281 g/mol. The molecule has 0 saturated heterocycles. The summed E-state index contributed by atoms with van der Waals surface area (Å²) in [6.45, 7) is 9.42. The van der Waals surface area contributed by atoms with E-state index in [0.717, 1.165) is 35.4 Å². The van der Waals surface area contributed by atoms with Crippen molar-refractivity contribution in [2.45, 2.75) is 45.3 Å². The summed E-state index contributed by atoms with van der Waals surface area (Å²) >= 11 is 1.90. The van der Waals surface area contributed by atoms with Crippen LogP contribution < -0.4 is 5.32 Å². The van der Waals surface area contributed by atoms with Gasteiger partial charge in [0.05, 0.1) is 5.69 Å². The van der Waals surface area contributed by atoms with Gasteiger partial charge in [0.15, 0.2) is 5.82 Å². The van der Waals surface area contributed by atoms with Crippen molar-refractivity contribution >= 4 is 17.6 Å². The number of rotatable bonds is 4. The lowest BCUT2D eigenvalue weighted by Crippen LogP contribution is -2.23. The molecular weight excluding hydrogens is 258 g/mol. The van der Waals surface area contributed by atoms with Crippen LogP contribution in [0.15, 0.2) is 0 Å². The molecular formula is C14H23N3OS. The largest absolute Gasteiger partial charge is 0.373 e. The third-order valence-electron chi connectivity index (χ3n) is 3.20. The molecule has 1 aromatic heterocycles. The summed E-state index contributed by atoms with van der Waals surface area (Å²) in [6, 6.07) is 0. The molecule has 106 valence electrons. The minimum Gasteiger partial charge on any atom is -0.373 e. The molecule has 5 heteroatoms. The molecule has 1 atom stereocenters. The Morgan fingerprint density at radius 2 is 2.05 bits per heavy atom. The molecule has 1 N–H and O–H groups in total. The topological polar surface area (TPSA) is 47.0 Å². The van der Waals surface area contributed by atoms with Gasteiger partial charge >= 0.3 is 0 Å². The normalized spacial score (nSPS) is 16.3. The van der Waals surface area contributed by atoms with Gasteiger partial charge in [-0.15, -0.1) is 0 Å². The van der Waals surface area contributed by atoms with Crippen molar-refractivity contribution in [3.8, 4) is 0 Å². The minimum atomic E-state index is -0.0826. The van der Waals surface area contributed by atoms with Crippen molar-refractivity contribution < 1.29 is 4.74 Å². The molecule has 0 saturated carbocycles. The van der Waals surface area contributed by atoms with E-state index in [1.807, 2.05) is 11.8 Å². The maximum Gasteiger partial charge on any atom is 0.160 e. The van der Waals surface area contributed by atoms with E-state index in [-0.39, 0.29) is 11.5 Å². The zero-order chi connectivity index (χ0) is 14.0. The van der Waals surface area contributed by atoms with E-state index >= 15 is 0 Å². The zero-order valence-electron chi connectivity index (χ0n) is 12.4. The second-order valence-electron chi connectivity index (χ2n) is 5.86. The number of ether oxygens (including phenoxy) is 1. The van der Waals surface area contributed by atoms with Gasteiger partial charge < -0.3 is 10.1 Å². The van der Waals surface area contributed by atoms with Crippen LogP contribution in [0.2, 0.25) is 0 Å². The highest BCUT2D eigenvalue weighted by Crippen LogP contribution is 2.38. The second-order valence-corrected chi connectivity index (χ2v) is 6.85. The van der Waals surface area contributed by atoms with Crippen LogP contribution in [0.3, 0.4) is 0 Å².